The van der Waals surface area contributed by atoms with Crippen LogP contribution >= 0.6 is 23.4 Å². The summed E-state index contributed by atoms with van der Waals surface area (Å²) >= 11 is 7.84. The van der Waals surface area contributed by atoms with Gasteiger partial charge in [-0.15, -0.1) is 10.2 Å². The lowest BCUT2D eigenvalue weighted by Gasteiger charge is -2.14. The van der Waals surface area contributed by atoms with Crippen molar-refractivity contribution < 1.29 is 4.79 Å². The van der Waals surface area contributed by atoms with Crippen LogP contribution in [0.3, 0.4) is 0 Å². The maximum Gasteiger partial charge on any atom is 0.230 e. The Bertz CT molecular complexity index is 1050. The highest BCUT2D eigenvalue weighted by Crippen LogP contribution is 2.33. The van der Waals surface area contributed by atoms with E-state index in [1.807, 2.05) is 28.8 Å². The van der Waals surface area contributed by atoms with E-state index in [0.717, 1.165) is 28.9 Å². The van der Waals surface area contributed by atoms with Gasteiger partial charge in [0.1, 0.15) is 0 Å². The molecule has 1 aromatic heterocycles. The van der Waals surface area contributed by atoms with Crippen LogP contribution in [0.2, 0.25) is 5.02 Å². The fourth-order valence-electron chi connectivity index (χ4n) is 3.12. The Kier molecular flexibility index (Phi) is 5.92. The molecule has 1 amide bonds. The smallest absolute Gasteiger partial charge is 0.230 e. The third-order valence-electron chi connectivity index (χ3n) is 4.97. The van der Waals surface area contributed by atoms with Crippen LogP contribution in [0.25, 0.3) is 17.1 Å². The van der Waals surface area contributed by atoms with E-state index in [1.165, 1.54) is 24.6 Å². The van der Waals surface area contributed by atoms with E-state index in [4.69, 9.17) is 11.6 Å². The summed E-state index contributed by atoms with van der Waals surface area (Å²) in [5.41, 5.74) is 4.05. The zero-order chi connectivity index (χ0) is 20.4. The highest BCUT2D eigenvalue weighted by Gasteiger charge is 2.23. The van der Waals surface area contributed by atoms with Gasteiger partial charge in [-0.2, -0.15) is 0 Å². The number of nitrogens with one attached hydrogen (secondary N) is 1. The normalized spacial score (nSPS) is 13.5. The van der Waals surface area contributed by atoms with Crippen molar-refractivity contribution in [1.82, 2.24) is 20.1 Å². The third kappa shape index (κ3) is 4.65. The van der Waals surface area contributed by atoms with Crippen molar-refractivity contribution in [2.24, 2.45) is 5.92 Å². The number of benzene rings is 2. The molecule has 1 aliphatic rings. The fourth-order valence-corrected chi connectivity index (χ4v) is 4.11. The van der Waals surface area contributed by atoms with Gasteiger partial charge in [-0.25, -0.2) is 0 Å². The van der Waals surface area contributed by atoms with Crippen molar-refractivity contribution in [2.45, 2.75) is 31.8 Å². The fraction of sp³-hybridized carbons (Fsp3) is 0.318. The number of nitrogens with zero attached hydrogens (tertiary/aromatic N) is 3. The number of carbonyl (C=O) groups is 1. The van der Waals surface area contributed by atoms with Crippen LogP contribution in [0.1, 0.15) is 24.0 Å². The molecule has 29 heavy (non-hydrogen) atoms. The van der Waals surface area contributed by atoms with Gasteiger partial charge in [0.2, 0.25) is 5.91 Å². The average Bonchev–Trinajstić information content (AvgIpc) is 3.45. The quantitative estimate of drug-likeness (QED) is 0.550. The van der Waals surface area contributed by atoms with Gasteiger partial charge < -0.3 is 5.32 Å². The molecule has 0 aliphatic heterocycles. The number of rotatable bonds is 7. The van der Waals surface area contributed by atoms with E-state index in [1.54, 1.807) is 0 Å². The number of hydrogen-bond acceptors (Lipinski definition) is 4. The first-order chi connectivity index (χ1) is 14.0. The molecule has 0 saturated heterocycles. The molecule has 1 N–H and O–H groups in total. The van der Waals surface area contributed by atoms with Crippen molar-refractivity contribution in [3.05, 3.63) is 58.6 Å². The Balaban J connectivity index is 1.68. The van der Waals surface area contributed by atoms with E-state index < -0.39 is 0 Å². The lowest BCUT2D eigenvalue weighted by Crippen LogP contribution is -2.27. The van der Waals surface area contributed by atoms with Gasteiger partial charge in [0.05, 0.1) is 16.5 Å². The van der Waals surface area contributed by atoms with Crippen LogP contribution in [0.5, 0.6) is 0 Å². The molecule has 0 unspecified atom stereocenters. The Hall–Kier alpha value is -2.31. The average molecular weight is 427 g/mol. The molecule has 1 saturated carbocycles. The number of hydrogen-bond donors (Lipinski definition) is 1. The Morgan fingerprint density at radius 2 is 2.00 bits per heavy atom. The summed E-state index contributed by atoms with van der Waals surface area (Å²) in [4.78, 5) is 12.2. The highest BCUT2D eigenvalue weighted by atomic mass is 35.5. The summed E-state index contributed by atoms with van der Waals surface area (Å²) in [5, 5.41) is 13.1. The minimum atomic E-state index is 0.0247. The monoisotopic (exact) mass is 426 g/mol. The summed E-state index contributed by atoms with van der Waals surface area (Å²) in [6, 6.07) is 13.9. The molecule has 3 aromatic rings. The molecule has 1 fully saturated rings. The molecule has 0 bridgehead atoms. The van der Waals surface area contributed by atoms with Crippen LogP contribution in [0, 0.1) is 19.8 Å². The largest absolute Gasteiger partial charge is 0.355 e. The molecular weight excluding hydrogens is 404 g/mol. The number of amides is 1. The standard InChI is InChI=1S/C22H23ClN4OS/c1-14-7-8-15(2)19(11-14)27-21(17-5-3-4-6-18(17)23)25-26-22(27)29-13-20(28)24-12-16-9-10-16/h3-8,11,16H,9-10,12-13H2,1-2H3,(H,24,28). The van der Waals surface area contributed by atoms with Crippen LogP contribution in [0.15, 0.2) is 47.6 Å². The zero-order valence-corrected chi connectivity index (χ0v) is 18.1. The van der Waals surface area contributed by atoms with Crippen LogP contribution in [0.4, 0.5) is 0 Å². The molecule has 1 heterocycles. The van der Waals surface area contributed by atoms with Gasteiger partial charge in [-0.05, 0) is 61.9 Å². The third-order valence-corrected chi connectivity index (χ3v) is 6.23. The first kappa shape index (κ1) is 20.0. The molecule has 0 radical (unpaired) electrons. The van der Waals surface area contributed by atoms with Crippen LogP contribution in [-0.4, -0.2) is 33.0 Å². The predicted octanol–water partition coefficient (Wildman–Crippen LogP) is 4.82. The summed E-state index contributed by atoms with van der Waals surface area (Å²) in [6.45, 7) is 4.89. The highest BCUT2D eigenvalue weighted by molar-refractivity contribution is 7.99. The van der Waals surface area contributed by atoms with Gasteiger partial charge in [0, 0.05) is 12.1 Å². The maximum atomic E-state index is 12.2. The Labute approximate surface area is 179 Å². The van der Waals surface area contributed by atoms with E-state index >= 15 is 0 Å². The number of thioether (sulfide) groups is 1. The second-order valence-electron chi connectivity index (χ2n) is 7.45. The molecular formula is C22H23ClN4OS. The van der Waals surface area contributed by atoms with Crippen LogP contribution in [-0.2, 0) is 4.79 Å². The van der Waals surface area contributed by atoms with Gasteiger partial charge >= 0.3 is 0 Å². The minimum absolute atomic E-state index is 0.0247. The van der Waals surface area contributed by atoms with Gasteiger partial charge in [0.25, 0.3) is 0 Å². The molecule has 0 atom stereocenters. The van der Waals surface area contributed by atoms with Crippen molar-refractivity contribution in [1.29, 1.82) is 0 Å². The molecule has 2 aromatic carbocycles. The molecule has 150 valence electrons. The van der Waals surface area contributed by atoms with Crippen LogP contribution < -0.4 is 5.32 Å². The summed E-state index contributed by atoms with van der Waals surface area (Å²) in [5.74, 6) is 1.66. The predicted molar refractivity (Wildman–Crippen MR) is 118 cm³/mol. The van der Waals surface area contributed by atoms with Crippen molar-refractivity contribution in [2.75, 3.05) is 12.3 Å². The number of carbonyl (C=O) groups excluding carboxylic acids is 1. The first-order valence-electron chi connectivity index (χ1n) is 9.70. The zero-order valence-electron chi connectivity index (χ0n) is 16.5. The Morgan fingerprint density at radius 3 is 2.76 bits per heavy atom. The van der Waals surface area contributed by atoms with E-state index in [9.17, 15) is 4.79 Å². The molecule has 7 heteroatoms. The van der Waals surface area contributed by atoms with Crippen molar-refractivity contribution in [3.8, 4) is 17.1 Å². The van der Waals surface area contributed by atoms with E-state index in [0.29, 0.717) is 27.7 Å². The van der Waals surface area contributed by atoms with Gasteiger partial charge in [0.15, 0.2) is 11.0 Å². The molecule has 1 aliphatic carbocycles. The van der Waals surface area contributed by atoms with Gasteiger partial charge in [-0.3, -0.25) is 9.36 Å². The maximum absolute atomic E-state index is 12.2. The topological polar surface area (TPSA) is 59.8 Å². The number of aryl methyl sites for hydroxylation is 2. The van der Waals surface area contributed by atoms with Gasteiger partial charge in [-0.1, -0.05) is 47.6 Å². The molecule has 4 rings (SSSR count). The lowest BCUT2D eigenvalue weighted by atomic mass is 10.1. The SMILES string of the molecule is Cc1ccc(C)c(-n2c(SCC(=O)NCC3CC3)nnc2-c2ccccc2Cl)c1. The molecule has 5 nitrogen and oxygen atoms in total. The van der Waals surface area contributed by atoms with Crippen molar-refractivity contribution >= 4 is 29.3 Å². The first-order valence-corrected chi connectivity index (χ1v) is 11.1. The second-order valence-corrected chi connectivity index (χ2v) is 8.80. The molecule has 0 spiro atoms. The lowest BCUT2D eigenvalue weighted by molar-refractivity contribution is -0.118. The summed E-state index contributed by atoms with van der Waals surface area (Å²) in [7, 11) is 0. The Morgan fingerprint density at radius 1 is 1.21 bits per heavy atom. The number of aromatic nitrogens is 3. The minimum Gasteiger partial charge on any atom is -0.355 e. The number of halogens is 1. The summed E-state index contributed by atoms with van der Waals surface area (Å²) in [6.07, 6.45) is 2.44. The van der Waals surface area contributed by atoms with Crippen molar-refractivity contribution in [3.63, 3.8) is 0 Å². The van der Waals surface area contributed by atoms with E-state index in [2.05, 4.69) is 47.6 Å². The summed E-state index contributed by atoms with van der Waals surface area (Å²) < 4.78 is 2.00. The second kappa shape index (κ2) is 8.59. The van der Waals surface area contributed by atoms with E-state index in [-0.39, 0.29) is 5.91 Å².